The van der Waals surface area contributed by atoms with E-state index in [0.717, 1.165) is 5.56 Å². The van der Waals surface area contributed by atoms with Gasteiger partial charge in [-0.25, -0.2) is 4.39 Å². The fraction of sp³-hybridized carbons (Fsp3) is 0.143. The van der Waals surface area contributed by atoms with Gasteiger partial charge in [-0.3, -0.25) is 0 Å². The minimum absolute atomic E-state index is 0.308. The smallest absolute Gasteiger partial charge is 0.146 e. The van der Waals surface area contributed by atoms with E-state index in [-0.39, 0.29) is 5.82 Å². The first-order valence-corrected chi connectivity index (χ1v) is 5.57. The number of para-hydroxylation sites is 1. The van der Waals surface area contributed by atoms with Gasteiger partial charge < -0.3 is 15.8 Å². The number of halogens is 1. The Morgan fingerprint density at radius 2 is 2.00 bits per heavy atom. The zero-order valence-electron chi connectivity index (χ0n) is 10.3. The summed E-state index contributed by atoms with van der Waals surface area (Å²) in [5.74, 6) is 0.359. The highest BCUT2D eigenvalue weighted by atomic mass is 19.1. The molecule has 0 aromatic heterocycles. The number of hydrogen-bond acceptors (Lipinski definition) is 3. The van der Waals surface area contributed by atoms with E-state index in [2.05, 4.69) is 5.32 Å². The average molecular weight is 246 g/mol. The fourth-order valence-corrected chi connectivity index (χ4v) is 1.70. The van der Waals surface area contributed by atoms with E-state index >= 15 is 0 Å². The van der Waals surface area contributed by atoms with Crippen LogP contribution in [-0.4, -0.2) is 7.11 Å². The summed E-state index contributed by atoms with van der Waals surface area (Å²) >= 11 is 0. The summed E-state index contributed by atoms with van der Waals surface area (Å²) in [7, 11) is 1.57. The molecule has 2 rings (SSSR count). The summed E-state index contributed by atoms with van der Waals surface area (Å²) < 4.78 is 18.8. The van der Waals surface area contributed by atoms with E-state index in [1.807, 2.05) is 13.0 Å². The standard InChI is InChI=1S/C14H15FN2O/c1-9-4-3-5-11(15)14(9)17-13-8-10(18-2)6-7-12(13)16/h3-8,17H,16H2,1-2H3. The molecule has 18 heavy (non-hydrogen) atoms. The third-order valence-corrected chi connectivity index (χ3v) is 2.74. The topological polar surface area (TPSA) is 47.3 Å². The van der Waals surface area contributed by atoms with Crippen molar-refractivity contribution in [3.8, 4) is 5.75 Å². The van der Waals surface area contributed by atoms with Gasteiger partial charge in [0, 0.05) is 6.07 Å². The van der Waals surface area contributed by atoms with Gasteiger partial charge in [-0.2, -0.15) is 0 Å². The first kappa shape index (κ1) is 12.2. The Morgan fingerprint density at radius 1 is 1.22 bits per heavy atom. The van der Waals surface area contributed by atoms with Crippen LogP contribution in [0.1, 0.15) is 5.56 Å². The van der Waals surface area contributed by atoms with E-state index in [1.165, 1.54) is 6.07 Å². The summed E-state index contributed by atoms with van der Waals surface area (Å²) in [6, 6.07) is 10.1. The van der Waals surface area contributed by atoms with Gasteiger partial charge in [0.1, 0.15) is 11.6 Å². The van der Waals surface area contributed by atoms with Crippen LogP contribution in [0.3, 0.4) is 0 Å². The molecule has 0 saturated heterocycles. The number of aryl methyl sites for hydroxylation is 1. The summed E-state index contributed by atoms with van der Waals surface area (Å²) in [4.78, 5) is 0. The number of nitrogens with one attached hydrogen (secondary N) is 1. The van der Waals surface area contributed by atoms with Crippen LogP contribution < -0.4 is 15.8 Å². The molecule has 0 amide bonds. The summed E-state index contributed by atoms with van der Waals surface area (Å²) in [6.07, 6.45) is 0. The van der Waals surface area contributed by atoms with E-state index < -0.39 is 0 Å². The number of nitrogen functional groups attached to an aromatic ring is 1. The van der Waals surface area contributed by atoms with Crippen LogP contribution in [0.4, 0.5) is 21.5 Å². The Kier molecular flexibility index (Phi) is 3.37. The predicted octanol–water partition coefficient (Wildman–Crippen LogP) is 3.47. The number of ether oxygens (including phenoxy) is 1. The summed E-state index contributed by atoms with van der Waals surface area (Å²) in [5.41, 5.74) is 8.26. The van der Waals surface area contributed by atoms with Crippen molar-refractivity contribution in [1.82, 2.24) is 0 Å². The molecule has 3 N–H and O–H groups in total. The Hall–Kier alpha value is -2.23. The highest BCUT2D eigenvalue weighted by Gasteiger charge is 2.08. The predicted molar refractivity (Wildman–Crippen MR) is 71.8 cm³/mol. The van der Waals surface area contributed by atoms with Crippen LogP contribution in [0, 0.1) is 12.7 Å². The molecule has 0 radical (unpaired) electrons. The molecule has 2 aromatic carbocycles. The second-order valence-electron chi connectivity index (χ2n) is 4.01. The Labute approximate surface area is 105 Å². The van der Waals surface area contributed by atoms with Crippen LogP contribution in [-0.2, 0) is 0 Å². The van der Waals surface area contributed by atoms with Crippen LogP contribution in [0.2, 0.25) is 0 Å². The molecule has 0 fully saturated rings. The van der Waals surface area contributed by atoms with Crippen molar-refractivity contribution in [2.24, 2.45) is 0 Å². The zero-order chi connectivity index (χ0) is 13.1. The van der Waals surface area contributed by atoms with Gasteiger partial charge in [0.15, 0.2) is 0 Å². The molecular formula is C14H15FN2O. The van der Waals surface area contributed by atoms with Crippen LogP contribution in [0.5, 0.6) is 5.75 Å². The lowest BCUT2D eigenvalue weighted by atomic mass is 10.1. The molecule has 0 spiro atoms. The van der Waals surface area contributed by atoms with Crippen molar-refractivity contribution in [3.05, 3.63) is 47.8 Å². The molecule has 0 aliphatic rings. The van der Waals surface area contributed by atoms with E-state index in [9.17, 15) is 4.39 Å². The van der Waals surface area contributed by atoms with E-state index in [4.69, 9.17) is 10.5 Å². The second-order valence-corrected chi connectivity index (χ2v) is 4.01. The molecule has 3 nitrogen and oxygen atoms in total. The van der Waals surface area contributed by atoms with Crippen LogP contribution in [0.15, 0.2) is 36.4 Å². The molecule has 0 saturated carbocycles. The average Bonchev–Trinajstić information content (AvgIpc) is 2.36. The van der Waals surface area contributed by atoms with Crippen LogP contribution >= 0.6 is 0 Å². The van der Waals surface area contributed by atoms with Gasteiger partial charge in [-0.1, -0.05) is 12.1 Å². The summed E-state index contributed by atoms with van der Waals surface area (Å²) in [5, 5.41) is 3.00. The maximum atomic E-state index is 13.7. The highest BCUT2D eigenvalue weighted by Crippen LogP contribution is 2.30. The molecule has 0 bridgehead atoms. The minimum atomic E-state index is -0.308. The third kappa shape index (κ3) is 2.37. The highest BCUT2D eigenvalue weighted by molar-refractivity contribution is 5.75. The second kappa shape index (κ2) is 4.96. The third-order valence-electron chi connectivity index (χ3n) is 2.74. The lowest BCUT2D eigenvalue weighted by Crippen LogP contribution is -2.00. The molecule has 4 heteroatoms. The number of anilines is 3. The van der Waals surface area contributed by atoms with Crippen molar-refractivity contribution in [2.45, 2.75) is 6.92 Å². The Morgan fingerprint density at radius 3 is 2.67 bits per heavy atom. The zero-order valence-corrected chi connectivity index (χ0v) is 10.3. The molecule has 0 heterocycles. The molecule has 94 valence electrons. The minimum Gasteiger partial charge on any atom is -0.497 e. The molecule has 0 aliphatic carbocycles. The lowest BCUT2D eigenvalue weighted by molar-refractivity contribution is 0.415. The first-order valence-electron chi connectivity index (χ1n) is 5.57. The molecule has 0 aliphatic heterocycles. The van der Waals surface area contributed by atoms with Gasteiger partial charge >= 0.3 is 0 Å². The lowest BCUT2D eigenvalue weighted by Gasteiger charge is -2.13. The van der Waals surface area contributed by atoms with Crippen molar-refractivity contribution in [2.75, 3.05) is 18.2 Å². The van der Waals surface area contributed by atoms with Crippen molar-refractivity contribution < 1.29 is 9.13 Å². The number of benzene rings is 2. The summed E-state index contributed by atoms with van der Waals surface area (Å²) in [6.45, 7) is 1.84. The van der Waals surface area contributed by atoms with E-state index in [0.29, 0.717) is 22.8 Å². The fourth-order valence-electron chi connectivity index (χ4n) is 1.70. The largest absolute Gasteiger partial charge is 0.497 e. The monoisotopic (exact) mass is 246 g/mol. The maximum absolute atomic E-state index is 13.7. The Balaban J connectivity index is 2.39. The number of methoxy groups -OCH3 is 1. The number of hydrogen-bond donors (Lipinski definition) is 2. The van der Waals surface area contributed by atoms with Gasteiger partial charge in [-0.15, -0.1) is 0 Å². The number of rotatable bonds is 3. The Bertz CT molecular complexity index is 549. The van der Waals surface area contributed by atoms with Crippen molar-refractivity contribution in [1.29, 1.82) is 0 Å². The SMILES string of the molecule is COc1ccc(N)c(Nc2c(C)cccc2F)c1. The quantitative estimate of drug-likeness (QED) is 0.815. The van der Waals surface area contributed by atoms with Gasteiger partial charge in [0.2, 0.25) is 0 Å². The van der Waals surface area contributed by atoms with Gasteiger partial charge in [-0.05, 0) is 30.7 Å². The van der Waals surface area contributed by atoms with Gasteiger partial charge in [0.05, 0.1) is 24.2 Å². The maximum Gasteiger partial charge on any atom is 0.146 e. The van der Waals surface area contributed by atoms with Gasteiger partial charge in [0.25, 0.3) is 0 Å². The normalized spacial score (nSPS) is 10.2. The molecule has 0 atom stereocenters. The molecular weight excluding hydrogens is 231 g/mol. The van der Waals surface area contributed by atoms with E-state index in [1.54, 1.807) is 31.4 Å². The molecule has 2 aromatic rings. The van der Waals surface area contributed by atoms with Crippen molar-refractivity contribution >= 4 is 17.1 Å². The first-order chi connectivity index (χ1) is 8.61. The van der Waals surface area contributed by atoms with Crippen LogP contribution in [0.25, 0.3) is 0 Å². The number of nitrogens with two attached hydrogens (primary N) is 1. The molecule has 0 unspecified atom stereocenters. The van der Waals surface area contributed by atoms with Crippen molar-refractivity contribution in [3.63, 3.8) is 0 Å².